The number of fused-ring (bicyclic) bond motifs is 1. The van der Waals surface area contributed by atoms with Crippen molar-refractivity contribution in [3.05, 3.63) is 121 Å². The number of hydrogen-bond acceptors (Lipinski definition) is 4. The summed E-state index contributed by atoms with van der Waals surface area (Å²) >= 11 is 0. The fraction of sp³-hybridized carbons (Fsp3) is 0.0800. The molecule has 5 rings (SSSR count). The monoisotopic (exact) mass is 573 g/mol. The second kappa shape index (κ2) is 10.7. The summed E-state index contributed by atoms with van der Waals surface area (Å²) in [5.41, 5.74) is 5.61. The van der Waals surface area contributed by atoms with Gasteiger partial charge in [-0.2, -0.15) is 37.0 Å². The maximum absolute atomic E-state index is 4.23. The number of aromatic nitrogens is 2. The molecule has 5 heteroatoms. The minimum Gasteiger partial charge on any atom is -0.504 e. The minimum atomic E-state index is 0. The van der Waals surface area contributed by atoms with Crippen LogP contribution in [-0.2, 0) is 27.5 Å². The Hall–Kier alpha value is -2.97. The molecule has 0 bridgehead atoms. The van der Waals surface area contributed by atoms with Gasteiger partial charge in [0.1, 0.15) is 0 Å². The zero-order valence-electron chi connectivity index (χ0n) is 16.6. The van der Waals surface area contributed by atoms with Crippen LogP contribution in [0.4, 0.5) is 17.1 Å². The number of para-hydroxylation sites is 3. The molecule has 4 aromatic rings. The van der Waals surface area contributed by atoms with E-state index < -0.39 is 0 Å². The summed E-state index contributed by atoms with van der Waals surface area (Å²) in [7, 11) is 2.06. The molecule has 0 saturated heterocycles. The van der Waals surface area contributed by atoms with Crippen LogP contribution in [0.2, 0.25) is 0 Å². The van der Waals surface area contributed by atoms with E-state index in [0.717, 1.165) is 23.5 Å². The molecule has 0 aliphatic carbocycles. The molecule has 0 radical (unpaired) electrons. The molecule has 152 valence electrons. The van der Waals surface area contributed by atoms with Gasteiger partial charge in [0, 0.05) is 41.6 Å². The van der Waals surface area contributed by atoms with Gasteiger partial charge in [-0.25, -0.2) is 0 Å². The van der Waals surface area contributed by atoms with Crippen LogP contribution >= 0.6 is 0 Å². The molecule has 3 heterocycles. The third-order valence-corrected chi connectivity index (χ3v) is 4.58. The second-order valence-electron chi connectivity index (χ2n) is 6.65. The van der Waals surface area contributed by atoms with Crippen LogP contribution in [-0.4, -0.2) is 17.0 Å². The van der Waals surface area contributed by atoms with Gasteiger partial charge in [0.15, 0.2) is 0 Å². The predicted molar refractivity (Wildman–Crippen MR) is 118 cm³/mol. The summed E-state index contributed by atoms with van der Waals surface area (Å²) in [6.07, 6.45) is 4.41. The number of benzene rings is 2. The Balaban J connectivity index is 0.000000169. The first-order chi connectivity index (χ1) is 14.3. The van der Waals surface area contributed by atoms with Crippen LogP contribution in [0.1, 0.15) is 11.4 Å². The number of rotatable bonds is 3. The van der Waals surface area contributed by atoms with Crippen LogP contribution in [0.15, 0.2) is 97.3 Å². The molecule has 0 atom stereocenters. The van der Waals surface area contributed by atoms with E-state index in [1.54, 1.807) is 12.4 Å². The fourth-order valence-electron chi connectivity index (χ4n) is 3.18. The molecule has 0 spiro atoms. The van der Waals surface area contributed by atoms with Crippen molar-refractivity contribution in [3.63, 3.8) is 0 Å². The molecule has 4 nitrogen and oxygen atoms in total. The molecule has 2 aromatic heterocycles. The van der Waals surface area contributed by atoms with Crippen molar-refractivity contribution in [2.75, 3.05) is 16.8 Å². The Bertz CT molecular complexity index is 989. The summed E-state index contributed by atoms with van der Waals surface area (Å²) in [5.74, 6) is 0. The molecule has 1 aliphatic heterocycles. The molecule has 0 amide bonds. The molecule has 2 aromatic carbocycles. The summed E-state index contributed by atoms with van der Waals surface area (Å²) in [6.45, 7) is 2.08. The molecular weight excluding hydrogens is 551 g/mol. The average molecular weight is 574 g/mol. The topological polar surface area (TPSA) is 32.3 Å². The standard InChI is InChI=1S/C14H12N2.C11H10N2.Pt/c1-15-11-16(12-7-3-2-4-8-12)14-10-6-5-9-13(14)15;1-3-7-12-10(5-1)9-11-6-2-4-8-13-11;/h2-7,9-11H,1H3;1-8H,9H2;/q-2;;+2. The van der Waals surface area contributed by atoms with Gasteiger partial charge >= 0.3 is 21.1 Å². The number of anilines is 3. The van der Waals surface area contributed by atoms with E-state index in [1.165, 1.54) is 11.4 Å². The van der Waals surface area contributed by atoms with Crippen LogP contribution < -0.4 is 9.80 Å². The number of hydrogen-bond donors (Lipinski definition) is 0. The summed E-state index contributed by atoms with van der Waals surface area (Å²) in [5, 5.41) is 0. The van der Waals surface area contributed by atoms with E-state index in [1.807, 2.05) is 54.6 Å². The van der Waals surface area contributed by atoms with Gasteiger partial charge in [-0.15, -0.1) is 5.69 Å². The van der Waals surface area contributed by atoms with Crippen molar-refractivity contribution < 1.29 is 21.1 Å². The summed E-state index contributed by atoms with van der Waals surface area (Å²) in [6, 6.07) is 31.4. The zero-order valence-corrected chi connectivity index (χ0v) is 18.9. The quantitative estimate of drug-likeness (QED) is 0.313. The predicted octanol–water partition coefficient (Wildman–Crippen LogP) is 5.26. The molecule has 0 saturated carbocycles. The van der Waals surface area contributed by atoms with E-state index in [2.05, 4.69) is 69.9 Å². The first kappa shape index (κ1) is 21.7. The first-order valence-electron chi connectivity index (χ1n) is 9.54. The normalized spacial score (nSPS) is 11.8. The Kier molecular flexibility index (Phi) is 7.75. The van der Waals surface area contributed by atoms with Gasteiger partial charge in [0.25, 0.3) is 0 Å². The fourth-order valence-corrected chi connectivity index (χ4v) is 3.18. The van der Waals surface area contributed by atoms with E-state index in [4.69, 9.17) is 0 Å². The summed E-state index contributed by atoms with van der Waals surface area (Å²) < 4.78 is 0. The zero-order chi connectivity index (χ0) is 19.9. The van der Waals surface area contributed by atoms with Gasteiger partial charge in [-0.3, -0.25) is 9.97 Å². The first-order valence-corrected chi connectivity index (χ1v) is 9.54. The maximum Gasteiger partial charge on any atom is 2.00 e. The molecule has 30 heavy (non-hydrogen) atoms. The van der Waals surface area contributed by atoms with Gasteiger partial charge in [0.05, 0.1) is 0 Å². The Morgan fingerprint density at radius 3 is 1.93 bits per heavy atom. The van der Waals surface area contributed by atoms with Crippen molar-refractivity contribution in [2.24, 2.45) is 0 Å². The molecule has 0 unspecified atom stereocenters. The Labute approximate surface area is 192 Å². The SMILES string of the molecule is CN1[CH-]N(c2[c-]cccc2)c2ccccc21.[Pt+2].c1ccc(Cc2ccccn2)nc1. The third-order valence-electron chi connectivity index (χ3n) is 4.58. The van der Waals surface area contributed by atoms with E-state index >= 15 is 0 Å². The van der Waals surface area contributed by atoms with Crippen LogP contribution in [0.25, 0.3) is 0 Å². The average Bonchev–Trinajstić information content (AvgIpc) is 3.13. The van der Waals surface area contributed by atoms with Crippen LogP contribution in [0, 0.1) is 12.7 Å². The smallest absolute Gasteiger partial charge is 0.504 e. The minimum absolute atomic E-state index is 0. The molecule has 0 N–H and O–H groups in total. The van der Waals surface area contributed by atoms with Crippen LogP contribution in [0.3, 0.4) is 0 Å². The largest absolute Gasteiger partial charge is 2.00 e. The Morgan fingerprint density at radius 1 is 0.767 bits per heavy atom. The van der Waals surface area contributed by atoms with Crippen molar-refractivity contribution in [3.8, 4) is 0 Å². The number of pyridine rings is 2. The van der Waals surface area contributed by atoms with Gasteiger partial charge < -0.3 is 9.80 Å². The molecular formula is C25H22N4Pt. The van der Waals surface area contributed by atoms with E-state index in [9.17, 15) is 0 Å². The third kappa shape index (κ3) is 5.34. The van der Waals surface area contributed by atoms with Crippen molar-refractivity contribution in [1.29, 1.82) is 0 Å². The van der Waals surface area contributed by atoms with E-state index in [0.29, 0.717) is 0 Å². The Morgan fingerprint density at radius 2 is 1.37 bits per heavy atom. The maximum atomic E-state index is 4.23. The van der Waals surface area contributed by atoms with Gasteiger partial charge in [-0.05, 0) is 43.4 Å². The van der Waals surface area contributed by atoms with Gasteiger partial charge in [-0.1, -0.05) is 24.3 Å². The summed E-state index contributed by atoms with van der Waals surface area (Å²) in [4.78, 5) is 12.7. The van der Waals surface area contributed by atoms with Crippen molar-refractivity contribution in [2.45, 2.75) is 6.42 Å². The van der Waals surface area contributed by atoms with Crippen LogP contribution in [0.5, 0.6) is 0 Å². The molecule has 1 aliphatic rings. The molecule has 0 fully saturated rings. The number of nitrogens with zero attached hydrogens (tertiary/aromatic N) is 4. The van der Waals surface area contributed by atoms with Gasteiger partial charge in [0.2, 0.25) is 0 Å². The van der Waals surface area contributed by atoms with Crippen molar-refractivity contribution in [1.82, 2.24) is 9.97 Å². The second-order valence-corrected chi connectivity index (χ2v) is 6.65. The van der Waals surface area contributed by atoms with Crippen molar-refractivity contribution >= 4 is 17.1 Å². The van der Waals surface area contributed by atoms with E-state index in [-0.39, 0.29) is 21.1 Å².